The van der Waals surface area contributed by atoms with Gasteiger partial charge in [-0.3, -0.25) is 4.79 Å². The molecule has 0 saturated carbocycles. The highest BCUT2D eigenvalue weighted by molar-refractivity contribution is 6.29. The Morgan fingerprint density at radius 3 is 2.44 bits per heavy atom. The molecule has 6 heteroatoms. The van der Waals surface area contributed by atoms with Crippen LogP contribution in [0.2, 0.25) is 5.15 Å². The predicted octanol–water partition coefficient (Wildman–Crippen LogP) is 2.55. The summed E-state index contributed by atoms with van der Waals surface area (Å²) in [7, 11) is 1.58. The number of halogens is 2. The lowest BCUT2D eigenvalue weighted by Gasteiger charge is -2.16. The fraction of sp³-hybridized carbons (Fsp3) is 0.0833. The van der Waals surface area contributed by atoms with Gasteiger partial charge in [-0.15, -0.1) is 0 Å². The van der Waals surface area contributed by atoms with Crippen molar-refractivity contribution in [3.63, 3.8) is 0 Å². The lowest BCUT2D eigenvalue weighted by molar-refractivity contribution is 0.0988. The van der Waals surface area contributed by atoms with Crippen molar-refractivity contribution in [1.29, 1.82) is 0 Å². The van der Waals surface area contributed by atoms with Gasteiger partial charge >= 0.3 is 0 Å². The maximum atomic E-state index is 12.8. The fourth-order valence-electron chi connectivity index (χ4n) is 1.38. The summed E-state index contributed by atoms with van der Waals surface area (Å²) in [6.07, 6.45) is 2.60. The molecule has 2 aromatic rings. The number of hydrogen-bond donors (Lipinski definition) is 0. The summed E-state index contributed by atoms with van der Waals surface area (Å²) >= 11 is 5.59. The zero-order valence-electron chi connectivity index (χ0n) is 9.47. The molecule has 0 radical (unpaired) electrons. The smallest absolute Gasteiger partial charge is 0.278 e. The monoisotopic (exact) mass is 265 g/mol. The Morgan fingerprint density at radius 2 is 1.89 bits per heavy atom. The third kappa shape index (κ3) is 2.62. The number of carbonyl (C=O) groups is 1. The van der Waals surface area contributed by atoms with E-state index < -0.39 is 0 Å². The summed E-state index contributed by atoms with van der Waals surface area (Å²) in [5, 5.41) is 0.219. The van der Waals surface area contributed by atoms with Crippen molar-refractivity contribution in [2.24, 2.45) is 0 Å². The molecule has 0 spiro atoms. The van der Waals surface area contributed by atoms with Crippen LogP contribution in [0.3, 0.4) is 0 Å². The van der Waals surface area contributed by atoms with E-state index in [2.05, 4.69) is 9.97 Å². The summed E-state index contributed by atoms with van der Waals surface area (Å²) in [6.45, 7) is 0. The highest BCUT2D eigenvalue weighted by atomic mass is 35.5. The van der Waals surface area contributed by atoms with Crippen LogP contribution in [-0.4, -0.2) is 22.9 Å². The Morgan fingerprint density at radius 1 is 1.22 bits per heavy atom. The molecule has 1 aromatic carbocycles. The minimum absolute atomic E-state index is 0.172. The zero-order valence-corrected chi connectivity index (χ0v) is 10.2. The molecule has 92 valence electrons. The highest BCUT2D eigenvalue weighted by Gasteiger charge is 2.15. The van der Waals surface area contributed by atoms with Crippen molar-refractivity contribution in [2.45, 2.75) is 0 Å². The van der Waals surface area contributed by atoms with E-state index in [0.29, 0.717) is 5.69 Å². The van der Waals surface area contributed by atoms with Gasteiger partial charge in [0.15, 0.2) is 0 Å². The minimum atomic E-state index is -0.356. The third-order valence-corrected chi connectivity index (χ3v) is 2.55. The van der Waals surface area contributed by atoms with Crippen LogP contribution in [0.15, 0.2) is 36.7 Å². The maximum absolute atomic E-state index is 12.8. The van der Waals surface area contributed by atoms with Gasteiger partial charge in [-0.1, -0.05) is 11.6 Å². The molecule has 1 amide bonds. The van der Waals surface area contributed by atoms with E-state index in [1.807, 2.05) is 0 Å². The van der Waals surface area contributed by atoms with Gasteiger partial charge in [-0.05, 0) is 24.3 Å². The summed E-state index contributed by atoms with van der Waals surface area (Å²) < 4.78 is 12.8. The summed E-state index contributed by atoms with van der Waals surface area (Å²) in [4.78, 5) is 21.1. The highest BCUT2D eigenvalue weighted by Crippen LogP contribution is 2.15. The number of nitrogens with zero attached hydrogens (tertiary/aromatic N) is 3. The molecule has 0 saturated heterocycles. The first-order valence-electron chi connectivity index (χ1n) is 5.09. The molecule has 0 aliphatic rings. The predicted molar refractivity (Wildman–Crippen MR) is 66.2 cm³/mol. The lowest BCUT2D eigenvalue weighted by atomic mass is 10.2. The van der Waals surface area contributed by atoms with Gasteiger partial charge in [0.05, 0.1) is 12.4 Å². The Bertz CT molecular complexity index is 557. The number of anilines is 1. The second-order valence-corrected chi connectivity index (χ2v) is 3.95. The molecule has 0 N–H and O–H groups in total. The van der Waals surface area contributed by atoms with Crippen LogP contribution in [0.4, 0.5) is 10.1 Å². The van der Waals surface area contributed by atoms with Crippen molar-refractivity contribution in [3.8, 4) is 0 Å². The number of amides is 1. The summed E-state index contributed by atoms with van der Waals surface area (Å²) in [5.41, 5.74) is 0.740. The third-order valence-electron chi connectivity index (χ3n) is 2.36. The molecule has 1 heterocycles. The second kappa shape index (κ2) is 5.10. The largest absolute Gasteiger partial charge is 0.310 e. The first kappa shape index (κ1) is 12.4. The fourth-order valence-corrected chi connectivity index (χ4v) is 1.47. The molecule has 4 nitrogen and oxygen atoms in total. The molecule has 0 aliphatic carbocycles. The number of aromatic nitrogens is 2. The maximum Gasteiger partial charge on any atom is 0.278 e. The van der Waals surface area contributed by atoms with Crippen LogP contribution in [0.1, 0.15) is 10.5 Å². The van der Waals surface area contributed by atoms with Crippen molar-refractivity contribution < 1.29 is 9.18 Å². The Balaban J connectivity index is 2.23. The van der Waals surface area contributed by atoms with Crippen molar-refractivity contribution in [2.75, 3.05) is 11.9 Å². The van der Waals surface area contributed by atoms with E-state index in [1.165, 1.54) is 41.6 Å². The van der Waals surface area contributed by atoms with Gasteiger partial charge in [-0.25, -0.2) is 14.4 Å². The van der Waals surface area contributed by atoms with Crippen LogP contribution < -0.4 is 4.90 Å². The van der Waals surface area contributed by atoms with E-state index in [9.17, 15) is 9.18 Å². The SMILES string of the molecule is CN(C(=O)c1cnc(Cl)cn1)c1ccc(F)cc1. The molecule has 2 rings (SSSR count). The molecule has 0 bridgehead atoms. The van der Waals surface area contributed by atoms with Crippen LogP contribution in [0.25, 0.3) is 0 Å². The number of hydrogen-bond acceptors (Lipinski definition) is 3. The normalized spacial score (nSPS) is 10.2. The van der Waals surface area contributed by atoms with Crippen LogP contribution in [-0.2, 0) is 0 Å². The van der Waals surface area contributed by atoms with Crippen LogP contribution >= 0.6 is 11.6 Å². The Kier molecular flexibility index (Phi) is 3.53. The summed E-state index contributed by atoms with van der Waals surface area (Å²) in [6, 6.07) is 5.59. The number of benzene rings is 1. The molecule has 0 fully saturated rings. The van der Waals surface area contributed by atoms with Gasteiger partial charge in [0.25, 0.3) is 5.91 Å². The average Bonchev–Trinajstić information content (AvgIpc) is 2.39. The van der Waals surface area contributed by atoms with Crippen LogP contribution in [0, 0.1) is 5.82 Å². The molecule has 18 heavy (non-hydrogen) atoms. The van der Waals surface area contributed by atoms with E-state index in [0.717, 1.165) is 0 Å². The zero-order chi connectivity index (χ0) is 13.1. The number of rotatable bonds is 2. The first-order valence-corrected chi connectivity index (χ1v) is 5.47. The van der Waals surface area contributed by atoms with Gasteiger partial charge in [0, 0.05) is 12.7 Å². The van der Waals surface area contributed by atoms with Gasteiger partial charge in [0.2, 0.25) is 0 Å². The molecule has 0 unspecified atom stereocenters. The van der Waals surface area contributed by atoms with Gasteiger partial charge in [0.1, 0.15) is 16.7 Å². The van der Waals surface area contributed by atoms with Gasteiger partial charge < -0.3 is 4.90 Å². The molecule has 1 aromatic heterocycles. The second-order valence-electron chi connectivity index (χ2n) is 3.56. The average molecular weight is 266 g/mol. The van der Waals surface area contributed by atoms with Gasteiger partial charge in [-0.2, -0.15) is 0 Å². The Labute approximate surface area is 108 Å². The van der Waals surface area contributed by atoms with Crippen LogP contribution in [0.5, 0.6) is 0 Å². The topological polar surface area (TPSA) is 46.1 Å². The van der Waals surface area contributed by atoms with E-state index >= 15 is 0 Å². The minimum Gasteiger partial charge on any atom is -0.310 e. The molecule has 0 atom stereocenters. The Hall–Kier alpha value is -2.01. The standard InChI is InChI=1S/C12H9ClFN3O/c1-17(9-4-2-8(14)3-5-9)12(18)10-6-16-11(13)7-15-10/h2-7H,1H3. The van der Waals surface area contributed by atoms with Crippen molar-refractivity contribution >= 4 is 23.2 Å². The van der Waals surface area contributed by atoms with E-state index in [1.54, 1.807) is 7.05 Å². The van der Waals surface area contributed by atoms with E-state index in [4.69, 9.17) is 11.6 Å². The molecular formula is C12H9ClFN3O. The molecular weight excluding hydrogens is 257 g/mol. The first-order chi connectivity index (χ1) is 8.58. The molecule has 0 aliphatic heterocycles. The number of carbonyl (C=O) groups excluding carboxylic acids is 1. The summed E-state index contributed by atoms with van der Waals surface area (Å²) in [5.74, 6) is -0.698. The van der Waals surface area contributed by atoms with Crippen molar-refractivity contribution in [1.82, 2.24) is 9.97 Å². The quantitative estimate of drug-likeness (QED) is 0.838. The lowest BCUT2D eigenvalue weighted by Crippen LogP contribution is -2.27. The van der Waals surface area contributed by atoms with E-state index in [-0.39, 0.29) is 22.6 Å². The van der Waals surface area contributed by atoms with Crippen molar-refractivity contribution in [3.05, 3.63) is 53.3 Å².